The average Bonchev–Trinajstić information content (AvgIpc) is 2.72. The van der Waals surface area contributed by atoms with Gasteiger partial charge >= 0.3 is 0 Å². The fourth-order valence-electron chi connectivity index (χ4n) is 1.50. The third-order valence-electron chi connectivity index (χ3n) is 2.34. The first-order valence-corrected chi connectivity index (χ1v) is 5.17. The third-order valence-corrected chi connectivity index (χ3v) is 2.34. The molecule has 0 aliphatic rings. The molecule has 2 aromatic heterocycles. The fourth-order valence-corrected chi connectivity index (χ4v) is 1.50. The highest BCUT2D eigenvalue weighted by Crippen LogP contribution is 2.08. The van der Waals surface area contributed by atoms with Crippen molar-refractivity contribution in [3.63, 3.8) is 0 Å². The Hall–Kier alpha value is -2.42. The Morgan fingerprint density at radius 3 is 3.24 bits per heavy atom. The first kappa shape index (κ1) is 11.1. The highest BCUT2D eigenvalue weighted by Gasteiger charge is 2.14. The van der Waals surface area contributed by atoms with Crippen LogP contribution in [0.15, 0.2) is 24.8 Å². The summed E-state index contributed by atoms with van der Waals surface area (Å²) < 4.78 is 1.58. The van der Waals surface area contributed by atoms with Crippen LogP contribution in [0.4, 0.5) is 0 Å². The Morgan fingerprint density at radius 2 is 2.47 bits per heavy atom. The minimum atomic E-state index is -0.240. The third kappa shape index (κ3) is 2.23. The van der Waals surface area contributed by atoms with Crippen LogP contribution in [0.2, 0.25) is 0 Å². The van der Waals surface area contributed by atoms with Crippen LogP contribution >= 0.6 is 0 Å². The maximum atomic E-state index is 11.9. The van der Waals surface area contributed by atoms with E-state index in [0.29, 0.717) is 11.1 Å². The Bertz CT molecular complexity index is 583. The lowest BCUT2D eigenvalue weighted by Gasteiger charge is -2.08. The average molecular weight is 229 g/mol. The number of carbonyl (C=O) groups excluding carboxylic acids is 1. The Labute approximate surface area is 97.9 Å². The predicted molar refractivity (Wildman–Crippen MR) is 60.1 cm³/mol. The largest absolute Gasteiger partial charge is 0.348 e. The summed E-state index contributed by atoms with van der Waals surface area (Å²) in [6.45, 7) is 1.78. The molecule has 0 aliphatic heterocycles. The minimum absolute atomic E-state index is 0.181. The molecule has 6 nitrogen and oxygen atoms in total. The lowest BCUT2D eigenvalue weighted by molar-refractivity contribution is 0.0942. The summed E-state index contributed by atoms with van der Waals surface area (Å²) in [4.78, 5) is 15.9. The number of carbonyl (C=O) groups is 1. The molecular weight excluding hydrogens is 218 g/mol. The van der Waals surface area contributed by atoms with E-state index < -0.39 is 0 Å². The van der Waals surface area contributed by atoms with Crippen molar-refractivity contribution < 1.29 is 4.79 Å². The maximum Gasteiger partial charge on any atom is 0.255 e. The van der Waals surface area contributed by atoms with Gasteiger partial charge in [0, 0.05) is 18.4 Å². The zero-order chi connectivity index (χ0) is 12.3. The molecule has 17 heavy (non-hydrogen) atoms. The van der Waals surface area contributed by atoms with Gasteiger partial charge in [0.2, 0.25) is 0 Å². The highest BCUT2D eigenvalue weighted by atomic mass is 16.1. The fraction of sp³-hybridized carbons (Fsp3) is 0.273. The van der Waals surface area contributed by atoms with Crippen molar-refractivity contribution in [1.82, 2.24) is 19.9 Å². The zero-order valence-electron chi connectivity index (χ0n) is 9.29. The van der Waals surface area contributed by atoms with E-state index in [1.807, 2.05) is 6.07 Å². The normalized spacial score (nSPS) is 12.0. The maximum absolute atomic E-state index is 11.9. The van der Waals surface area contributed by atoms with Crippen molar-refractivity contribution in [2.45, 2.75) is 19.4 Å². The number of fused-ring (bicyclic) bond motifs is 1. The van der Waals surface area contributed by atoms with Crippen LogP contribution in [0.5, 0.6) is 0 Å². The van der Waals surface area contributed by atoms with Gasteiger partial charge in [-0.3, -0.25) is 9.78 Å². The Morgan fingerprint density at radius 1 is 1.65 bits per heavy atom. The molecule has 0 spiro atoms. The van der Waals surface area contributed by atoms with Crippen molar-refractivity contribution >= 4 is 11.4 Å². The molecule has 2 rings (SSSR count). The summed E-state index contributed by atoms with van der Waals surface area (Å²) in [5.74, 6) is -0.240. The monoisotopic (exact) mass is 229 g/mol. The second kappa shape index (κ2) is 4.61. The number of amides is 1. The van der Waals surface area contributed by atoms with Crippen molar-refractivity contribution in [3.8, 4) is 6.07 Å². The van der Waals surface area contributed by atoms with Gasteiger partial charge < -0.3 is 5.32 Å². The van der Waals surface area contributed by atoms with E-state index in [-0.39, 0.29) is 18.4 Å². The second-order valence-corrected chi connectivity index (χ2v) is 3.70. The molecule has 86 valence electrons. The number of hydrogen-bond donors (Lipinski definition) is 1. The summed E-state index contributed by atoms with van der Waals surface area (Å²) in [6.07, 6.45) is 6.62. The molecule has 0 radical (unpaired) electrons. The van der Waals surface area contributed by atoms with E-state index in [4.69, 9.17) is 5.26 Å². The molecule has 0 aromatic carbocycles. The Balaban J connectivity index is 2.23. The minimum Gasteiger partial charge on any atom is -0.348 e. The van der Waals surface area contributed by atoms with Crippen LogP contribution in [0.1, 0.15) is 23.7 Å². The zero-order valence-corrected chi connectivity index (χ0v) is 9.29. The van der Waals surface area contributed by atoms with Crippen molar-refractivity contribution in [2.24, 2.45) is 0 Å². The molecule has 0 aliphatic carbocycles. The number of nitrogens with zero attached hydrogens (tertiary/aromatic N) is 4. The molecular formula is C11H11N5O. The summed E-state index contributed by atoms with van der Waals surface area (Å²) in [5.41, 5.74) is 1.11. The summed E-state index contributed by atoms with van der Waals surface area (Å²) in [6, 6.07) is 1.83. The van der Waals surface area contributed by atoms with Crippen LogP contribution in [0, 0.1) is 11.3 Å². The van der Waals surface area contributed by atoms with Crippen molar-refractivity contribution in [2.75, 3.05) is 0 Å². The van der Waals surface area contributed by atoms with Gasteiger partial charge in [-0.2, -0.15) is 10.4 Å². The van der Waals surface area contributed by atoms with E-state index in [0.717, 1.165) is 0 Å². The van der Waals surface area contributed by atoms with E-state index in [1.165, 1.54) is 6.20 Å². The SMILES string of the molecule is CC(CC#N)NC(=O)c1cnn2ccncc12. The van der Waals surface area contributed by atoms with Gasteiger partial charge in [0.15, 0.2) is 0 Å². The lowest BCUT2D eigenvalue weighted by Crippen LogP contribution is -2.32. The summed E-state index contributed by atoms with van der Waals surface area (Å²) >= 11 is 0. The van der Waals surface area contributed by atoms with Gasteiger partial charge in [0.25, 0.3) is 5.91 Å². The standard InChI is InChI=1S/C11H11N5O/c1-8(2-3-12)15-11(17)9-6-14-16-5-4-13-7-10(9)16/h4-8H,2H2,1H3,(H,15,17). The van der Waals surface area contributed by atoms with E-state index in [1.54, 1.807) is 30.0 Å². The molecule has 0 saturated heterocycles. The molecule has 6 heteroatoms. The smallest absolute Gasteiger partial charge is 0.255 e. The molecule has 2 aromatic rings. The molecule has 1 amide bonds. The number of rotatable bonds is 3. The number of hydrogen-bond acceptors (Lipinski definition) is 4. The van der Waals surface area contributed by atoms with E-state index in [9.17, 15) is 4.79 Å². The quantitative estimate of drug-likeness (QED) is 0.842. The van der Waals surface area contributed by atoms with Crippen LogP contribution < -0.4 is 5.32 Å². The Kier molecular flexibility index (Phi) is 3.01. The number of aromatic nitrogens is 3. The van der Waals surface area contributed by atoms with Gasteiger partial charge in [-0.25, -0.2) is 4.52 Å². The van der Waals surface area contributed by atoms with E-state index in [2.05, 4.69) is 15.4 Å². The van der Waals surface area contributed by atoms with Crippen LogP contribution in [0.3, 0.4) is 0 Å². The van der Waals surface area contributed by atoms with Crippen LogP contribution in [0.25, 0.3) is 5.52 Å². The first-order chi connectivity index (χ1) is 8.22. The van der Waals surface area contributed by atoms with Gasteiger partial charge in [-0.1, -0.05) is 0 Å². The summed E-state index contributed by atoms with van der Waals surface area (Å²) in [7, 11) is 0. The topological polar surface area (TPSA) is 83.1 Å². The molecule has 0 fully saturated rings. The van der Waals surface area contributed by atoms with Gasteiger partial charge in [0.05, 0.1) is 36.0 Å². The molecule has 2 heterocycles. The highest BCUT2D eigenvalue weighted by molar-refractivity contribution is 6.00. The lowest BCUT2D eigenvalue weighted by atomic mass is 10.2. The second-order valence-electron chi connectivity index (χ2n) is 3.70. The van der Waals surface area contributed by atoms with Gasteiger partial charge in [-0.05, 0) is 6.92 Å². The summed E-state index contributed by atoms with van der Waals surface area (Å²) in [5, 5.41) is 15.3. The van der Waals surface area contributed by atoms with E-state index >= 15 is 0 Å². The molecule has 1 N–H and O–H groups in total. The first-order valence-electron chi connectivity index (χ1n) is 5.17. The molecule has 1 unspecified atom stereocenters. The van der Waals surface area contributed by atoms with Crippen LogP contribution in [-0.4, -0.2) is 26.5 Å². The van der Waals surface area contributed by atoms with Gasteiger partial charge in [0.1, 0.15) is 0 Å². The van der Waals surface area contributed by atoms with Gasteiger partial charge in [-0.15, -0.1) is 0 Å². The number of nitriles is 1. The predicted octanol–water partition coefficient (Wildman–Crippen LogP) is 0.761. The number of nitrogens with one attached hydrogen (secondary N) is 1. The molecule has 0 saturated carbocycles. The van der Waals surface area contributed by atoms with Crippen LogP contribution in [-0.2, 0) is 0 Å². The van der Waals surface area contributed by atoms with Crippen molar-refractivity contribution in [3.05, 3.63) is 30.4 Å². The molecule has 1 atom stereocenters. The van der Waals surface area contributed by atoms with Crippen molar-refractivity contribution in [1.29, 1.82) is 5.26 Å². The molecule has 0 bridgehead atoms.